The number of non-ortho nitro benzene ring substituents is 1. The maximum absolute atomic E-state index is 10.8. The van der Waals surface area contributed by atoms with Crippen LogP contribution in [-0.4, -0.2) is 43.0 Å². The molecule has 0 spiro atoms. The quantitative estimate of drug-likeness (QED) is 0.609. The second-order valence-electron chi connectivity index (χ2n) is 4.57. The van der Waals surface area contributed by atoms with Crippen LogP contribution in [0.5, 0.6) is 0 Å². The summed E-state index contributed by atoms with van der Waals surface area (Å²) in [5, 5.41) is 10.8. The van der Waals surface area contributed by atoms with Crippen molar-refractivity contribution >= 4 is 11.4 Å². The Morgan fingerprint density at radius 2 is 1.68 bits per heavy atom. The highest BCUT2D eigenvalue weighted by molar-refractivity contribution is 5.56. The van der Waals surface area contributed by atoms with Crippen LogP contribution >= 0.6 is 0 Å². The van der Waals surface area contributed by atoms with Crippen molar-refractivity contribution in [2.24, 2.45) is 0 Å². The number of nitro groups is 1. The molecular formula is C14H23N3O2. The molecule has 0 amide bonds. The van der Waals surface area contributed by atoms with E-state index in [0.717, 1.165) is 37.4 Å². The molecule has 0 N–H and O–H groups in total. The first-order valence-corrected chi connectivity index (χ1v) is 6.76. The smallest absolute Gasteiger partial charge is 0.271 e. The Morgan fingerprint density at radius 1 is 1.11 bits per heavy atom. The van der Waals surface area contributed by atoms with Gasteiger partial charge in [0.2, 0.25) is 0 Å². The lowest BCUT2D eigenvalue weighted by Gasteiger charge is -2.34. The van der Waals surface area contributed by atoms with E-state index in [4.69, 9.17) is 0 Å². The van der Waals surface area contributed by atoms with Crippen molar-refractivity contribution < 1.29 is 4.92 Å². The number of rotatable bonds is 2. The molecule has 1 aromatic carbocycles. The van der Waals surface area contributed by atoms with Crippen LogP contribution in [0, 0.1) is 17.0 Å². The first-order chi connectivity index (χ1) is 9.06. The van der Waals surface area contributed by atoms with Crippen molar-refractivity contribution in [2.75, 3.05) is 38.1 Å². The van der Waals surface area contributed by atoms with Crippen molar-refractivity contribution in [1.82, 2.24) is 4.90 Å². The molecule has 0 atom stereocenters. The topological polar surface area (TPSA) is 49.6 Å². The van der Waals surface area contributed by atoms with E-state index < -0.39 is 0 Å². The van der Waals surface area contributed by atoms with Crippen LogP contribution < -0.4 is 4.90 Å². The summed E-state index contributed by atoms with van der Waals surface area (Å²) in [7, 11) is 2.09. The number of piperazine rings is 1. The van der Waals surface area contributed by atoms with Gasteiger partial charge in [0.25, 0.3) is 5.69 Å². The molecule has 0 saturated carbocycles. The number of benzene rings is 1. The van der Waals surface area contributed by atoms with E-state index >= 15 is 0 Å². The SMILES string of the molecule is CC.Cc1cc(N2CCN(C)CC2)cc([N+](=O)[O-])c1. The van der Waals surface area contributed by atoms with Crippen LogP contribution in [0.3, 0.4) is 0 Å². The fraction of sp³-hybridized carbons (Fsp3) is 0.571. The molecular weight excluding hydrogens is 242 g/mol. The highest BCUT2D eigenvalue weighted by Gasteiger charge is 2.17. The third-order valence-electron chi connectivity index (χ3n) is 3.13. The van der Waals surface area contributed by atoms with Gasteiger partial charge in [-0.3, -0.25) is 10.1 Å². The molecule has 0 radical (unpaired) electrons. The van der Waals surface area contributed by atoms with Crippen LogP contribution in [0.1, 0.15) is 19.4 Å². The fourth-order valence-electron chi connectivity index (χ4n) is 2.10. The minimum absolute atomic E-state index is 0.180. The Bertz CT molecular complexity index is 427. The molecule has 1 aromatic rings. The summed E-state index contributed by atoms with van der Waals surface area (Å²) < 4.78 is 0. The van der Waals surface area contributed by atoms with E-state index in [2.05, 4.69) is 16.8 Å². The summed E-state index contributed by atoms with van der Waals surface area (Å²) in [6.45, 7) is 9.75. The minimum atomic E-state index is -0.327. The zero-order valence-electron chi connectivity index (χ0n) is 12.2. The monoisotopic (exact) mass is 265 g/mol. The lowest BCUT2D eigenvalue weighted by Crippen LogP contribution is -2.44. The van der Waals surface area contributed by atoms with Crippen LogP contribution in [0.2, 0.25) is 0 Å². The summed E-state index contributed by atoms with van der Waals surface area (Å²) >= 11 is 0. The highest BCUT2D eigenvalue weighted by Crippen LogP contribution is 2.24. The average Bonchev–Trinajstić information content (AvgIpc) is 2.41. The Hall–Kier alpha value is -1.62. The maximum Gasteiger partial charge on any atom is 0.271 e. The van der Waals surface area contributed by atoms with Crippen LogP contribution in [0.4, 0.5) is 11.4 Å². The van der Waals surface area contributed by atoms with Gasteiger partial charge in [0.15, 0.2) is 0 Å². The first-order valence-electron chi connectivity index (χ1n) is 6.76. The normalized spacial score (nSPS) is 15.7. The third-order valence-corrected chi connectivity index (χ3v) is 3.13. The zero-order valence-corrected chi connectivity index (χ0v) is 12.2. The molecule has 1 aliphatic rings. The number of nitrogens with zero attached hydrogens (tertiary/aromatic N) is 3. The average molecular weight is 265 g/mol. The van der Waals surface area contributed by atoms with Gasteiger partial charge in [-0.15, -0.1) is 0 Å². The standard InChI is InChI=1S/C12H17N3O2.C2H6/c1-10-7-11(9-12(8-10)15(16)17)14-5-3-13(2)4-6-14;1-2/h7-9H,3-6H2,1-2H3;1-2H3. The summed E-state index contributed by atoms with van der Waals surface area (Å²) in [6.07, 6.45) is 0. The van der Waals surface area contributed by atoms with Crippen LogP contribution in [0.25, 0.3) is 0 Å². The van der Waals surface area contributed by atoms with Gasteiger partial charge in [-0.2, -0.15) is 0 Å². The van der Waals surface area contributed by atoms with Gasteiger partial charge >= 0.3 is 0 Å². The van der Waals surface area contributed by atoms with E-state index in [-0.39, 0.29) is 10.6 Å². The molecule has 5 heteroatoms. The summed E-state index contributed by atoms with van der Waals surface area (Å²) in [6, 6.07) is 5.29. The largest absolute Gasteiger partial charge is 0.369 e. The molecule has 19 heavy (non-hydrogen) atoms. The lowest BCUT2D eigenvalue weighted by molar-refractivity contribution is -0.384. The lowest BCUT2D eigenvalue weighted by atomic mass is 10.1. The summed E-state index contributed by atoms with van der Waals surface area (Å²) in [5.74, 6) is 0. The highest BCUT2D eigenvalue weighted by atomic mass is 16.6. The molecule has 5 nitrogen and oxygen atoms in total. The molecule has 0 aliphatic carbocycles. The van der Waals surface area contributed by atoms with E-state index in [9.17, 15) is 10.1 Å². The Morgan fingerprint density at radius 3 is 2.21 bits per heavy atom. The van der Waals surface area contributed by atoms with Crippen LogP contribution in [-0.2, 0) is 0 Å². The Balaban J connectivity index is 0.000000861. The molecule has 0 aromatic heterocycles. The van der Waals surface area contributed by atoms with Gasteiger partial charge in [-0.1, -0.05) is 13.8 Å². The third kappa shape index (κ3) is 4.21. The summed E-state index contributed by atoms with van der Waals surface area (Å²) in [4.78, 5) is 15.0. The van der Waals surface area contributed by atoms with Gasteiger partial charge < -0.3 is 9.80 Å². The minimum Gasteiger partial charge on any atom is -0.369 e. The van der Waals surface area contributed by atoms with Crippen molar-refractivity contribution in [1.29, 1.82) is 0 Å². The number of anilines is 1. The molecule has 2 rings (SSSR count). The Labute approximate surface area is 115 Å². The molecule has 0 bridgehead atoms. The Kier molecular flexibility index (Phi) is 5.76. The fourth-order valence-corrected chi connectivity index (χ4v) is 2.10. The van der Waals surface area contributed by atoms with E-state index in [1.54, 1.807) is 12.1 Å². The number of aryl methyl sites for hydroxylation is 1. The molecule has 1 heterocycles. The van der Waals surface area contributed by atoms with E-state index in [0.29, 0.717) is 0 Å². The predicted molar refractivity (Wildman–Crippen MR) is 78.9 cm³/mol. The number of nitro benzene ring substituents is 1. The molecule has 106 valence electrons. The second-order valence-corrected chi connectivity index (χ2v) is 4.57. The van der Waals surface area contributed by atoms with Gasteiger partial charge in [0, 0.05) is 44.0 Å². The van der Waals surface area contributed by atoms with Crippen LogP contribution in [0.15, 0.2) is 18.2 Å². The zero-order chi connectivity index (χ0) is 14.4. The van der Waals surface area contributed by atoms with Gasteiger partial charge in [-0.25, -0.2) is 0 Å². The molecule has 1 saturated heterocycles. The van der Waals surface area contributed by atoms with E-state index in [1.807, 2.05) is 26.8 Å². The second kappa shape index (κ2) is 7.09. The molecule has 0 unspecified atom stereocenters. The van der Waals surface area contributed by atoms with Gasteiger partial charge in [0.1, 0.15) is 0 Å². The number of hydrogen-bond donors (Lipinski definition) is 0. The van der Waals surface area contributed by atoms with Gasteiger partial charge in [0.05, 0.1) is 4.92 Å². The number of likely N-dealkylation sites (N-methyl/N-ethyl adjacent to an activating group) is 1. The van der Waals surface area contributed by atoms with Crippen molar-refractivity contribution in [2.45, 2.75) is 20.8 Å². The maximum atomic E-state index is 10.8. The molecule has 1 aliphatic heterocycles. The molecule has 1 fully saturated rings. The first kappa shape index (κ1) is 15.4. The van der Waals surface area contributed by atoms with Crippen molar-refractivity contribution in [3.8, 4) is 0 Å². The number of hydrogen-bond acceptors (Lipinski definition) is 4. The van der Waals surface area contributed by atoms with Gasteiger partial charge in [-0.05, 0) is 25.6 Å². The van der Waals surface area contributed by atoms with Crippen molar-refractivity contribution in [3.05, 3.63) is 33.9 Å². The van der Waals surface area contributed by atoms with E-state index in [1.165, 1.54) is 0 Å². The summed E-state index contributed by atoms with van der Waals surface area (Å²) in [5.41, 5.74) is 2.08. The predicted octanol–water partition coefficient (Wildman–Crippen LogP) is 2.68. The van der Waals surface area contributed by atoms with Crippen molar-refractivity contribution in [3.63, 3.8) is 0 Å².